The zero-order valence-corrected chi connectivity index (χ0v) is 5.52. The topological polar surface area (TPSA) is 0 Å². The summed E-state index contributed by atoms with van der Waals surface area (Å²) in [5, 5.41) is 0. The molecule has 0 heterocycles. The van der Waals surface area contributed by atoms with Crippen molar-refractivity contribution in [3.8, 4) is 0 Å². The van der Waals surface area contributed by atoms with Crippen LogP contribution >= 0.6 is 0 Å². The SMILES string of the molecule is C1=C=CCC2=C(C=C=1)C=C2. The van der Waals surface area contributed by atoms with Gasteiger partial charge in [0.15, 0.2) is 0 Å². The van der Waals surface area contributed by atoms with E-state index in [1.807, 2.05) is 12.2 Å². The molecule has 0 heteroatoms. The van der Waals surface area contributed by atoms with Gasteiger partial charge in [0.05, 0.1) is 0 Å². The van der Waals surface area contributed by atoms with Crippen molar-refractivity contribution in [1.29, 1.82) is 0 Å². The van der Waals surface area contributed by atoms with Gasteiger partial charge in [-0.2, -0.15) is 0 Å². The molecular weight excluding hydrogens is 120 g/mol. The summed E-state index contributed by atoms with van der Waals surface area (Å²) in [5.74, 6) is 0. The molecule has 2 aliphatic rings. The van der Waals surface area contributed by atoms with Gasteiger partial charge in [0.2, 0.25) is 0 Å². The third-order valence-corrected chi connectivity index (χ3v) is 1.63. The monoisotopic (exact) mass is 126 g/mol. The van der Waals surface area contributed by atoms with Crippen molar-refractivity contribution < 1.29 is 0 Å². The van der Waals surface area contributed by atoms with E-state index in [0.717, 1.165) is 6.42 Å². The zero-order valence-electron chi connectivity index (χ0n) is 5.52. The fraction of sp³-hybridized carbons (Fsp3) is 0.100. The first-order valence-electron chi connectivity index (χ1n) is 3.29. The van der Waals surface area contributed by atoms with E-state index in [-0.39, 0.29) is 0 Å². The number of rotatable bonds is 0. The minimum Gasteiger partial charge on any atom is -0.0655 e. The van der Waals surface area contributed by atoms with E-state index in [2.05, 4.69) is 29.3 Å². The van der Waals surface area contributed by atoms with Gasteiger partial charge in [-0.3, -0.25) is 0 Å². The summed E-state index contributed by atoms with van der Waals surface area (Å²) in [6.45, 7) is 0. The lowest BCUT2D eigenvalue weighted by molar-refractivity contribution is 1.22. The van der Waals surface area contributed by atoms with E-state index >= 15 is 0 Å². The first-order chi connectivity index (χ1) is 4.97. The Labute approximate surface area is 59.9 Å². The summed E-state index contributed by atoms with van der Waals surface area (Å²) in [6.07, 6.45) is 9.10. The second kappa shape index (κ2) is 2.06. The molecule has 0 saturated carbocycles. The molecule has 0 aromatic heterocycles. The van der Waals surface area contributed by atoms with Gasteiger partial charge in [-0.1, -0.05) is 23.6 Å². The van der Waals surface area contributed by atoms with Crippen LogP contribution in [-0.4, -0.2) is 0 Å². The van der Waals surface area contributed by atoms with Crippen LogP contribution in [0, 0.1) is 0 Å². The van der Waals surface area contributed by atoms with Crippen LogP contribution in [0.15, 0.2) is 52.6 Å². The standard InChI is InChI=1S/C10H6/c1-2-4-6-10-8-7-9(10)5-3-1/h3,6-8H,5H2. The molecule has 0 aromatic rings. The maximum Gasteiger partial charge on any atom is -0.000842 e. The largest absolute Gasteiger partial charge is 0.0655 e. The summed E-state index contributed by atoms with van der Waals surface area (Å²) in [7, 11) is 0. The van der Waals surface area contributed by atoms with E-state index < -0.39 is 0 Å². The molecule has 0 aromatic carbocycles. The fourth-order valence-electron chi connectivity index (χ4n) is 0.992. The van der Waals surface area contributed by atoms with Crippen LogP contribution in [0.2, 0.25) is 0 Å². The highest BCUT2D eigenvalue weighted by Crippen LogP contribution is 2.22. The van der Waals surface area contributed by atoms with Gasteiger partial charge in [0.1, 0.15) is 0 Å². The zero-order chi connectivity index (χ0) is 6.81. The lowest BCUT2D eigenvalue weighted by atomic mass is 9.95. The van der Waals surface area contributed by atoms with Gasteiger partial charge in [-0.05, 0) is 35.5 Å². The highest BCUT2D eigenvalue weighted by Gasteiger charge is 2.04. The number of hydrogen-bond acceptors (Lipinski definition) is 0. The Bertz CT molecular complexity index is 343. The molecule has 0 N–H and O–H groups in total. The fourth-order valence-corrected chi connectivity index (χ4v) is 0.992. The molecule has 0 amide bonds. The number of allylic oxidation sites excluding steroid dienone is 6. The van der Waals surface area contributed by atoms with E-state index in [0.29, 0.717) is 0 Å². The molecule has 0 unspecified atom stereocenters. The molecule has 0 atom stereocenters. The molecule has 0 radical (unpaired) electrons. The lowest BCUT2D eigenvalue weighted by Crippen LogP contribution is -1.91. The lowest BCUT2D eigenvalue weighted by Gasteiger charge is -2.09. The Hall–Kier alpha value is -1.44. The predicted octanol–water partition coefficient (Wildman–Crippen LogP) is 2.28. The third kappa shape index (κ3) is 0.739. The van der Waals surface area contributed by atoms with Crippen LogP contribution in [0.1, 0.15) is 6.42 Å². The maximum absolute atomic E-state index is 2.89. The van der Waals surface area contributed by atoms with E-state index in [9.17, 15) is 0 Å². The first-order valence-corrected chi connectivity index (χ1v) is 3.29. The number of hydrogen-bond donors (Lipinski definition) is 0. The Morgan fingerprint density at radius 3 is 3.00 bits per heavy atom. The summed E-state index contributed by atoms with van der Waals surface area (Å²) in [6, 6.07) is 0. The van der Waals surface area contributed by atoms with Crippen LogP contribution in [0.5, 0.6) is 0 Å². The van der Waals surface area contributed by atoms with Crippen molar-refractivity contribution in [3.05, 3.63) is 52.6 Å². The van der Waals surface area contributed by atoms with E-state index in [4.69, 9.17) is 0 Å². The summed E-state index contributed by atoms with van der Waals surface area (Å²) in [4.78, 5) is 0. The van der Waals surface area contributed by atoms with Crippen LogP contribution in [-0.2, 0) is 0 Å². The Morgan fingerprint density at radius 1 is 1.20 bits per heavy atom. The second-order valence-electron chi connectivity index (χ2n) is 2.28. The first kappa shape index (κ1) is 5.35. The van der Waals surface area contributed by atoms with Gasteiger partial charge < -0.3 is 0 Å². The van der Waals surface area contributed by atoms with Crippen molar-refractivity contribution in [2.24, 2.45) is 0 Å². The molecule has 0 saturated heterocycles. The van der Waals surface area contributed by atoms with Crippen molar-refractivity contribution in [2.75, 3.05) is 0 Å². The molecular formula is C10H6. The third-order valence-electron chi connectivity index (χ3n) is 1.63. The Kier molecular flexibility index (Phi) is 1.10. The molecule has 10 heavy (non-hydrogen) atoms. The average Bonchev–Trinajstić information content (AvgIpc) is 1.89. The summed E-state index contributed by atoms with van der Waals surface area (Å²) in [5.41, 5.74) is 11.2. The second-order valence-corrected chi connectivity index (χ2v) is 2.28. The molecule has 2 rings (SSSR count). The average molecular weight is 126 g/mol. The highest BCUT2D eigenvalue weighted by molar-refractivity contribution is 5.51. The van der Waals surface area contributed by atoms with Crippen molar-refractivity contribution in [1.82, 2.24) is 0 Å². The molecule has 0 fully saturated rings. The summed E-state index contributed by atoms with van der Waals surface area (Å²) >= 11 is 0. The van der Waals surface area contributed by atoms with Crippen molar-refractivity contribution in [3.63, 3.8) is 0 Å². The Morgan fingerprint density at radius 2 is 2.20 bits per heavy atom. The molecule has 46 valence electrons. The van der Waals surface area contributed by atoms with Gasteiger partial charge in [-0.25, -0.2) is 0 Å². The predicted molar refractivity (Wildman–Crippen MR) is 40.5 cm³/mol. The minimum absolute atomic E-state index is 0.983. The van der Waals surface area contributed by atoms with E-state index in [1.165, 1.54) is 11.1 Å². The molecule has 2 aliphatic carbocycles. The van der Waals surface area contributed by atoms with Gasteiger partial charge in [0.25, 0.3) is 0 Å². The van der Waals surface area contributed by atoms with Crippen LogP contribution in [0.4, 0.5) is 0 Å². The van der Waals surface area contributed by atoms with Crippen LogP contribution in [0.25, 0.3) is 0 Å². The summed E-state index contributed by atoms with van der Waals surface area (Å²) < 4.78 is 0. The van der Waals surface area contributed by atoms with Gasteiger partial charge >= 0.3 is 0 Å². The smallest absolute Gasteiger partial charge is 0.000842 e. The maximum atomic E-state index is 2.89. The molecule has 0 spiro atoms. The molecule has 0 nitrogen and oxygen atoms in total. The molecule has 0 aliphatic heterocycles. The van der Waals surface area contributed by atoms with E-state index in [1.54, 1.807) is 0 Å². The van der Waals surface area contributed by atoms with Gasteiger partial charge in [-0.15, -0.1) is 0 Å². The van der Waals surface area contributed by atoms with Crippen molar-refractivity contribution in [2.45, 2.75) is 6.42 Å². The van der Waals surface area contributed by atoms with Gasteiger partial charge in [0, 0.05) is 0 Å². The normalized spacial score (nSPS) is 18.4. The molecule has 0 bridgehead atoms. The minimum atomic E-state index is 0.983. The van der Waals surface area contributed by atoms with Crippen molar-refractivity contribution >= 4 is 0 Å². The highest BCUT2D eigenvalue weighted by atomic mass is 14.1. The quantitative estimate of drug-likeness (QED) is 0.437. The van der Waals surface area contributed by atoms with Crippen LogP contribution < -0.4 is 0 Å². The Balaban J connectivity index is 2.51. The van der Waals surface area contributed by atoms with Crippen LogP contribution in [0.3, 0.4) is 0 Å².